The van der Waals surface area contributed by atoms with Crippen molar-refractivity contribution in [2.45, 2.75) is 23.8 Å². The number of aromatic nitrogens is 3. The molecule has 2 aromatic rings. The molecule has 1 amide bonds. The molecule has 0 aliphatic carbocycles. The van der Waals surface area contributed by atoms with Crippen molar-refractivity contribution in [3.63, 3.8) is 0 Å². The van der Waals surface area contributed by atoms with Crippen LogP contribution in [0.5, 0.6) is 0 Å². The summed E-state index contributed by atoms with van der Waals surface area (Å²) in [6.45, 7) is 2.25. The zero-order valence-corrected chi connectivity index (χ0v) is 15.3. The van der Waals surface area contributed by atoms with Gasteiger partial charge >= 0.3 is 0 Å². The minimum atomic E-state index is -0.310. The maximum atomic E-state index is 12.3. The fraction of sp³-hybridized carbons (Fsp3) is 0.375. The molecule has 1 heterocycles. The van der Waals surface area contributed by atoms with Gasteiger partial charge in [0.25, 0.3) is 0 Å². The third-order valence-electron chi connectivity index (χ3n) is 3.50. The summed E-state index contributed by atoms with van der Waals surface area (Å²) in [5, 5.41) is 18.0. The lowest BCUT2D eigenvalue weighted by Crippen LogP contribution is -2.34. The molecule has 0 radical (unpaired) electrons. The van der Waals surface area contributed by atoms with E-state index in [1.807, 2.05) is 36.7 Å². The molecule has 0 saturated heterocycles. The van der Waals surface area contributed by atoms with Gasteiger partial charge < -0.3 is 9.47 Å². The highest BCUT2D eigenvalue weighted by molar-refractivity contribution is 8.00. The molecule has 1 aromatic carbocycles. The van der Waals surface area contributed by atoms with Gasteiger partial charge in [0, 0.05) is 31.2 Å². The molecule has 0 aliphatic rings. The number of hydrogen-bond acceptors (Lipinski definition) is 5. The Labute approximate surface area is 150 Å². The fourth-order valence-corrected chi connectivity index (χ4v) is 3.17. The number of nitrogens with zero attached hydrogens (tertiary/aromatic N) is 5. The summed E-state index contributed by atoms with van der Waals surface area (Å²) >= 11 is 7.25. The highest BCUT2D eigenvalue weighted by Gasteiger charge is 2.21. The number of halogens is 1. The predicted octanol–water partition coefficient (Wildman–Crippen LogP) is 2.99. The van der Waals surface area contributed by atoms with Crippen LogP contribution < -0.4 is 0 Å². The zero-order valence-electron chi connectivity index (χ0n) is 13.7. The van der Waals surface area contributed by atoms with Gasteiger partial charge in [0.15, 0.2) is 11.0 Å². The quantitative estimate of drug-likeness (QED) is 0.737. The summed E-state index contributed by atoms with van der Waals surface area (Å²) in [6, 6.07) is 9.40. The van der Waals surface area contributed by atoms with E-state index in [0.717, 1.165) is 5.56 Å². The summed E-state index contributed by atoms with van der Waals surface area (Å²) in [5.41, 5.74) is 0.909. The van der Waals surface area contributed by atoms with Gasteiger partial charge in [0.05, 0.1) is 17.7 Å². The second kappa shape index (κ2) is 8.18. The van der Waals surface area contributed by atoms with Crippen molar-refractivity contribution in [3.8, 4) is 17.5 Å². The van der Waals surface area contributed by atoms with Crippen LogP contribution in [0.4, 0.5) is 0 Å². The summed E-state index contributed by atoms with van der Waals surface area (Å²) < 4.78 is 1.85. The van der Waals surface area contributed by atoms with Crippen molar-refractivity contribution in [2.24, 2.45) is 7.05 Å². The normalized spacial score (nSPS) is 11.8. The van der Waals surface area contributed by atoms with Gasteiger partial charge in [-0.15, -0.1) is 10.2 Å². The molecule has 0 saturated carbocycles. The second-order valence-corrected chi connectivity index (χ2v) is 7.04. The van der Waals surface area contributed by atoms with Gasteiger partial charge in [-0.2, -0.15) is 5.26 Å². The topological polar surface area (TPSA) is 74.8 Å². The van der Waals surface area contributed by atoms with Crippen LogP contribution in [0.1, 0.15) is 13.3 Å². The van der Waals surface area contributed by atoms with Gasteiger partial charge in [-0.05, 0) is 31.2 Å². The fourth-order valence-electron chi connectivity index (χ4n) is 2.11. The van der Waals surface area contributed by atoms with Crippen LogP contribution in [0.2, 0.25) is 5.02 Å². The zero-order chi connectivity index (χ0) is 17.7. The summed E-state index contributed by atoms with van der Waals surface area (Å²) in [6.07, 6.45) is 0.324. The van der Waals surface area contributed by atoms with Crippen LogP contribution in [0.3, 0.4) is 0 Å². The minimum Gasteiger partial charge on any atom is -0.344 e. The Morgan fingerprint density at radius 2 is 2.08 bits per heavy atom. The third kappa shape index (κ3) is 4.28. The number of benzene rings is 1. The largest absolute Gasteiger partial charge is 0.344 e. The number of amides is 1. The Bertz CT molecular complexity index is 753. The summed E-state index contributed by atoms with van der Waals surface area (Å²) in [7, 11) is 3.56. The van der Waals surface area contributed by atoms with E-state index in [4.69, 9.17) is 16.9 Å². The van der Waals surface area contributed by atoms with Gasteiger partial charge in [0.2, 0.25) is 5.91 Å². The van der Waals surface area contributed by atoms with Crippen molar-refractivity contribution in [1.29, 1.82) is 5.26 Å². The van der Waals surface area contributed by atoms with Crippen molar-refractivity contribution in [3.05, 3.63) is 29.3 Å². The molecular formula is C16H18ClN5OS. The molecule has 0 unspecified atom stereocenters. The van der Waals surface area contributed by atoms with Crippen molar-refractivity contribution < 1.29 is 4.79 Å². The second-order valence-electron chi connectivity index (χ2n) is 5.30. The molecule has 0 bridgehead atoms. The highest BCUT2D eigenvalue weighted by Crippen LogP contribution is 2.27. The van der Waals surface area contributed by atoms with Gasteiger partial charge in [-0.3, -0.25) is 4.79 Å². The molecule has 0 fully saturated rings. The van der Waals surface area contributed by atoms with Crippen LogP contribution >= 0.6 is 23.4 Å². The van der Waals surface area contributed by atoms with Crippen LogP contribution in [-0.2, 0) is 11.8 Å². The molecule has 1 atom stereocenters. The molecule has 0 N–H and O–H groups in total. The first-order valence-electron chi connectivity index (χ1n) is 7.38. The van der Waals surface area contributed by atoms with Crippen molar-refractivity contribution in [2.75, 3.05) is 13.6 Å². The first kappa shape index (κ1) is 18.3. The molecular weight excluding hydrogens is 346 g/mol. The lowest BCUT2D eigenvalue weighted by atomic mass is 10.2. The monoisotopic (exact) mass is 363 g/mol. The molecule has 0 aliphatic heterocycles. The lowest BCUT2D eigenvalue weighted by molar-refractivity contribution is -0.128. The number of thioether (sulfide) groups is 1. The van der Waals surface area contributed by atoms with Crippen molar-refractivity contribution in [1.82, 2.24) is 19.7 Å². The predicted molar refractivity (Wildman–Crippen MR) is 94.6 cm³/mol. The SMILES string of the molecule is C[C@H](Sc1nnc(-c2ccc(Cl)cc2)n1C)C(=O)N(C)CCC#N. The first-order valence-corrected chi connectivity index (χ1v) is 8.63. The smallest absolute Gasteiger partial charge is 0.235 e. The van der Waals surface area contributed by atoms with Gasteiger partial charge in [-0.1, -0.05) is 23.4 Å². The Hall–Kier alpha value is -2.04. The number of nitriles is 1. The number of hydrogen-bond donors (Lipinski definition) is 0. The Balaban J connectivity index is 2.10. The number of rotatable bonds is 6. The molecule has 126 valence electrons. The summed E-state index contributed by atoms with van der Waals surface area (Å²) in [4.78, 5) is 13.9. The van der Waals surface area contributed by atoms with Gasteiger partial charge in [-0.25, -0.2) is 0 Å². The van der Waals surface area contributed by atoms with E-state index in [9.17, 15) is 4.79 Å². The van der Waals surface area contributed by atoms with E-state index in [1.54, 1.807) is 24.1 Å². The highest BCUT2D eigenvalue weighted by atomic mass is 35.5. The van der Waals surface area contributed by atoms with E-state index < -0.39 is 0 Å². The molecule has 8 heteroatoms. The number of carbonyl (C=O) groups excluding carboxylic acids is 1. The molecule has 2 rings (SSSR count). The maximum Gasteiger partial charge on any atom is 0.235 e. The minimum absolute atomic E-state index is 0.0358. The van der Waals surface area contributed by atoms with E-state index in [-0.39, 0.29) is 11.2 Å². The van der Waals surface area contributed by atoms with Gasteiger partial charge in [0.1, 0.15) is 0 Å². The molecule has 1 aromatic heterocycles. The molecule has 24 heavy (non-hydrogen) atoms. The third-order valence-corrected chi connectivity index (χ3v) is 4.88. The van der Waals surface area contributed by atoms with E-state index in [2.05, 4.69) is 10.2 Å². The Kier molecular flexibility index (Phi) is 6.23. The maximum absolute atomic E-state index is 12.3. The average molecular weight is 364 g/mol. The number of carbonyl (C=O) groups is 1. The van der Waals surface area contributed by atoms with Crippen LogP contribution in [-0.4, -0.2) is 44.4 Å². The first-order chi connectivity index (χ1) is 11.4. The average Bonchev–Trinajstić information content (AvgIpc) is 2.93. The standard InChI is InChI=1S/C16H18ClN5OS/c1-11(15(23)21(2)10-4-9-18)24-16-20-19-14(22(16)3)12-5-7-13(17)8-6-12/h5-8,11H,4,10H2,1-3H3/t11-/m0/s1. The van der Waals surface area contributed by atoms with E-state index >= 15 is 0 Å². The Morgan fingerprint density at radius 3 is 2.71 bits per heavy atom. The molecule has 6 nitrogen and oxygen atoms in total. The lowest BCUT2D eigenvalue weighted by Gasteiger charge is -2.19. The van der Waals surface area contributed by atoms with Crippen LogP contribution in [0.15, 0.2) is 29.4 Å². The van der Waals surface area contributed by atoms with E-state index in [0.29, 0.717) is 29.0 Å². The van der Waals surface area contributed by atoms with Crippen LogP contribution in [0, 0.1) is 11.3 Å². The van der Waals surface area contributed by atoms with Crippen LogP contribution in [0.25, 0.3) is 11.4 Å². The van der Waals surface area contributed by atoms with E-state index in [1.165, 1.54) is 11.8 Å². The summed E-state index contributed by atoms with van der Waals surface area (Å²) in [5.74, 6) is 0.679. The Morgan fingerprint density at radius 1 is 1.42 bits per heavy atom. The molecule has 0 spiro atoms. The van der Waals surface area contributed by atoms with Crippen molar-refractivity contribution >= 4 is 29.3 Å².